The number of nitrogens with one attached hydrogen (secondary N) is 2. The van der Waals surface area contributed by atoms with Crippen LogP contribution in [0.1, 0.15) is 0 Å². The van der Waals surface area contributed by atoms with Crippen LogP contribution in [0.3, 0.4) is 0 Å². The smallest absolute Gasteiger partial charge is 0.264 e. The molecule has 3 aromatic rings. The van der Waals surface area contributed by atoms with E-state index in [1.54, 1.807) is 36.4 Å². The number of rotatable bonds is 8. The van der Waals surface area contributed by atoms with Crippen molar-refractivity contribution in [1.82, 2.24) is 10.2 Å². The molecular formula is C18H15ClN4O3S2. The molecule has 0 aliphatic rings. The summed E-state index contributed by atoms with van der Waals surface area (Å²) in [6, 6.07) is 15.9. The first kappa shape index (κ1) is 20.1. The fraction of sp³-hybridized carbons (Fsp3) is 0.111. The first-order chi connectivity index (χ1) is 13.6. The first-order valence-electron chi connectivity index (χ1n) is 8.08. The van der Waals surface area contributed by atoms with Gasteiger partial charge in [0.05, 0.1) is 5.75 Å². The maximum atomic E-state index is 12.0. The Morgan fingerprint density at radius 3 is 2.50 bits per heavy atom. The first-order valence-corrected chi connectivity index (χ1v) is 10.3. The van der Waals surface area contributed by atoms with Crippen molar-refractivity contribution < 1.29 is 14.3 Å². The van der Waals surface area contributed by atoms with Crippen LogP contribution < -0.4 is 15.4 Å². The molecule has 0 aliphatic heterocycles. The third-order valence-electron chi connectivity index (χ3n) is 3.22. The number of anilines is 2. The summed E-state index contributed by atoms with van der Waals surface area (Å²) in [5, 5.41) is 14.2. The molecule has 3 rings (SSSR count). The van der Waals surface area contributed by atoms with Crippen molar-refractivity contribution in [2.24, 2.45) is 0 Å². The van der Waals surface area contributed by atoms with Crippen molar-refractivity contribution in [2.45, 2.75) is 4.34 Å². The lowest BCUT2D eigenvalue weighted by Gasteiger charge is -2.04. The molecule has 0 spiro atoms. The Labute approximate surface area is 174 Å². The van der Waals surface area contributed by atoms with E-state index < -0.39 is 0 Å². The Morgan fingerprint density at radius 2 is 1.75 bits per heavy atom. The van der Waals surface area contributed by atoms with Crippen LogP contribution in [-0.2, 0) is 9.59 Å². The highest BCUT2D eigenvalue weighted by atomic mass is 35.5. The lowest BCUT2D eigenvalue weighted by Crippen LogP contribution is -2.20. The lowest BCUT2D eigenvalue weighted by atomic mass is 10.3. The van der Waals surface area contributed by atoms with E-state index in [0.29, 0.717) is 25.9 Å². The Morgan fingerprint density at radius 1 is 1.00 bits per heavy atom. The molecule has 1 aromatic heterocycles. The molecule has 10 heteroatoms. The number of para-hydroxylation sites is 1. The van der Waals surface area contributed by atoms with Crippen LogP contribution in [0.2, 0.25) is 5.02 Å². The van der Waals surface area contributed by atoms with Crippen LogP contribution in [0.25, 0.3) is 0 Å². The number of carbonyl (C=O) groups is 2. The van der Waals surface area contributed by atoms with Gasteiger partial charge in [0.1, 0.15) is 5.75 Å². The minimum Gasteiger partial charge on any atom is -0.484 e. The monoisotopic (exact) mass is 434 g/mol. The van der Waals surface area contributed by atoms with Crippen LogP contribution in [0.15, 0.2) is 58.9 Å². The van der Waals surface area contributed by atoms with Crippen molar-refractivity contribution in [2.75, 3.05) is 23.0 Å². The Hall–Kier alpha value is -2.62. The topological polar surface area (TPSA) is 93.2 Å². The highest BCUT2D eigenvalue weighted by Crippen LogP contribution is 2.25. The second-order valence-electron chi connectivity index (χ2n) is 5.37. The highest BCUT2D eigenvalue weighted by molar-refractivity contribution is 8.01. The Balaban J connectivity index is 1.41. The van der Waals surface area contributed by atoms with Crippen molar-refractivity contribution >= 4 is 57.3 Å². The molecule has 0 saturated heterocycles. The number of aromatic nitrogens is 2. The molecular weight excluding hydrogens is 420 g/mol. The van der Waals surface area contributed by atoms with Gasteiger partial charge in [0, 0.05) is 10.7 Å². The summed E-state index contributed by atoms with van der Waals surface area (Å²) in [7, 11) is 0. The van der Waals surface area contributed by atoms with Crippen molar-refractivity contribution in [1.29, 1.82) is 0 Å². The van der Waals surface area contributed by atoms with Gasteiger partial charge in [-0.05, 0) is 36.4 Å². The van der Waals surface area contributed by atoms with E-state index in [1.165, 1.54) is 23.1 Å². The van der Waals surface area contributed by atoms with Gasteiger partial charge in [0.15, 0.2) is 10.9 Å². The van der Waals surface area contributed by atoms with E-state index in [-0.39, 0.29) is 24.2 Å². The summed E-state index contributed by atoms with van der Waals surface area (Å²) in [4.78, 5) is 23.9. The van der Waals surface area contributed by atoms with Crippen molar-refractivity contribution in [3.63, 3.8) is 0 Å². The molecule has 2 N–H and O–H groups in total. The molecule has 0 atom stereocenters. The quantitative estimate of drug-likeness (QED) is 0.412. The molecule has 0 radical (unpaired) electrons. The minimum atomic E-state index is -0.336. The van der Waals surface area contributed by atoms with Crippen LogP contribution in [0.5, 0.6) is 5.75 Å². The maximum Gasteiger partial charge on any atom is 0.264 e. The SMILES string of the molecule is O=C(CSc1nnc(NC(=O)COc2ccccc2)s1)Nc1ccc(Cl)cc1. The molecule has 1 heterocycles. The maximum absolute atomic E-state index is 12.0. The molecule has 144 valence electrons. The second kappa shape index (κ2) is 10.1. The summed E-state index contributed by atoms with van der Waals surface area (Å²) < 4.78 is 5.94. The molecule has 0 aliphatic carbocycles. The Kier molecular flexibility index (Phi) is 7.24. The molecule has 0 bridgehead atoms. The summed E-state index contributed by atoms with van der Waals surface area (Å²) in [5.41, 5.74) is 0.665. The number of thioether (sulfide) groups is 1. The average molecular weight is 435 g/mol. The van der Waals surface area contributed by atoms with Gasteiger partial charge in [-0.25, -0.2) is 0 Å². The van der Waals surface area contributed by atoms with Gasteiger partial charge < -0.3 is 10.1 Å². The molecule has 0 fully saturated rings. The van der Waals surface area contributed by atoms with E-state index in [0.717, 1.165) is 0 Å². The third kappa shape index (κ3) is 6.52. The molecule has 0 unspecified atom stereocenters. The molecule has 7 nitrogen and oxygen atoms in total. The highest BCUT2D eigenvalue weighted by Gasteiger charge is 2.11. The van der Waals surface area contributed by atoms with E-state index in [2.05, 4.69) is 20.8 Å². The third-order valence-corrected chi connectivity index (χ3v) is 5.44. The number of amides is 2. The Bertz CT molecular complexity index is 936. The van der Waals surface area contributed by atoms with Crippen LogP contribution >= 0.6 is 34.7 Å². The van der Waals surface area contributed by atoms with E-state index in [1.807, 2.05) is 18.2 Å². The summed E-state index contributed by atoms with van der Waals surface area (Å²) >= 11 is 8.23. The number of carbonyl (C=O) groups excluding carboxylic acids is 2. The second-order valence-corrected chi connectivity index (χ2v) is 8.00. The van der Waals surface area contributed by atoms with E-state index >= 15 is 0 Å². The zero-order valence-electron chi connectivity index (χ0n) is 14.4. The van der Waals surface area contributed by atoms with Crippen molar-refractivity contribution in [3.05, 3.63) is 59.6 Å². The molecule has 2 aromatic carbocycles. The van der Waals surface area contributed by atoms with Crippen LogP contribution in [0, 0.1) is 0 Å². The number of benzene rings is 2. The van der Waals surface area contributed by atoms with Gasteiger partial charge in [0.25, 0.3) is 5.91 Å². The summed E-state index contributed by atoms with van der Waals surface area (Å²) in [6.45, 7) is -0.129. The fourth-order valence-electron chi connectivity index (χ4n) is 2.00. The molecule has 28 heavy (non-hydrogen) atoms. The van der Waals surface area contributed by atoms with Gasteiger partial charge in [-0.15, -0.1) is 10.2 Å². The molecule has 0 saturated carbocycles. The fourth-order valence-corrected chi connectivity index (χ4v) is 3.69. The number of ether oxygens (including phenoxy) is 1. The number of hydrogen-bond donors (Lipinski definition) is 2. The standard InChI is InChI=1S/C18H15ClN4O3S2/c19-12-6-8-13(9-7-12)20-16(25)11-27-18-23-22-17(28-18)21-15(24)10-26-14-4-2-1-3-5-14/h1-9H,10-11H2,(H,20,25)(H,21,22,24). The van der Waals surface area contributed by atoms with Gasteiger partial charge in [-0.1, -0.05) is 52.9 Å². The predicted molar refractivity (Wildman–Crippen MR) is 111 cm³/mol. The number of halogens is 1. The van der Waals surface area contributed by atoms with Crippen molar-refractivity contribution in [3.8, 4) is 5.75 Å². The van der Waals surface area contributed by atoms with Gasteiger partial charge in [0.2, 0.25) is 11.0 Å². The average Bonchev–Trinajstić information content (AvgIpc) is 3.15. The van der Waals surface area contributed by atoms with Gasteiger partial charge in [-0.3, -0.25) is 14.9 Å². The largest absolute Gasteiger partial charge is 0.484 e. The summed E-state index contributed by atoms with van der Waals surface area (Å²) in [5.74, 6) is 0.266. The van der Waals surface area contributed by atoms with E-state index in [4.69, 9.17) is 16.3 Å². The van der Waals surface area contributed by atoms with Crippen LogP contribution in [0.4, 0.5) is 10.8 Å². The van der Waals surface area contributed by atoms with Gasteiger partial charge in [-0.2, -0.15) is 0 Å². The van der Waals surface area contributed by atoms with Crippen LogP contribution in [-0.4, -0.2) is 34.4 Å². The number of hydrogen-bond acceptors (Lipinski definition) is 7. The predicted octanol–water partition coefficient (Wildman–Crippen LogP) is 3.94. The normalized spacial score (nSPS) is 10.3. The zero-order chi connectivity index (χ0) is 19.8. The molecule has 2 amide bonds. The van der Waals surface area contributed by atoms with Gasteiger partial charge >= 0.3 is 0 Å². The minimum absolute atomic E-state index is 0.129. The van der Waals surface area contributed by atoms with E-state index in [9.17, 15) is 9.59 Å². The lowest BCUT2D eigenvalue weighted by molar-refractivity contribution is -0.118. The summed E-state index contributed by atoms with van der Waals surface area (Å²) in [6.07, 6.45) is 0. The number of nitrogens with zero attached hydrogens (tertiary/aromatic N) is 2. The zero-order valence-corrected chi connectivity index (χ0v) is 16.8.